The van der Waals surface area contributed by atoms with E-state index in [0.29, 0.717) is 22.5 Å². The predicted molar refractivity (Wildman–Crippen MR) is 83.7 cm³/mol. The lowest BCUT2D eigenvalue weighted by molar-refractivity contribution is 0.532. The van der Waals surface area contributed by atoms with E-state index in [9.17, 15) is 8.42 Å². The van der Waals surface area contributed by atoms with Crippen LogP contribution < -0.4 is 10.5 Å². The molecule has 21 heavy (non-hydrogen) atoms. The van der Waals surface area contributed by atoms with Crippen LogP contribution in [-0.2, 0) is 10.0 Å². The molecule has 0 radical (unpaired) electrons. The molecule has 1 aromatic heterocycles. The lowest BCUT2D eigenvalue weighted by Gasteiger charge is -2.12. The second-order valence-electron chi connectivity index (χ2n) is 5.39. The molecule has 0 bridgehead atoms. The van der Waals surface area contributed by atoms with Crippen molar-refractivity contribution in [3.63, 3.8) is 0 Å². The fraction of sp³-hybridized carbons (Fsp3) is 0.357. The maximum atomic E-state index is 12.5. The Morgan fingerprint density at radius 2 is 1.81 bits per heavy atom. The van der Waals surface area contributed by atoms with Gasteiger partial charge in [-0.15, -0.1) is 0 Å². The molecular formula is C14H20N4O2S. The SMILES string of the molecule is Cc1cc(N)cc(C)c1S(=O)(=O)Nc1cnn(C(C)C)c1. The van der Waals surface area contributed by atoms with Crippen molar-refractivity contribution in [3.05, 3.63) is 35.7 Å². The van der Waals surface area contributed by atoms with E-state index in [2.05, 4.69) is 9.82 Å². The molecular weight excluding hydrogens is 288 g/mol. The van der Waals surface area contributed by atoms with Crippen LogP contribution in [0.25, 0.3) is 0 Å². The van der Waals surface area contributed by atoms with Gasteiger partial charge in [0.15, 0.2) is 0 Å². The van der Waals surface area contributed by atoms with Crippen LogP contribution in [0.4, 0.5) is 11.4 Å². The van der Waals surface area contributed by atoms with Crippen LogP contribution in [-0.4, -0.2) is 18.2 Å². The number of nitrogens with two attached hydrogens (primary N) is 1. The summed E-state index contributed by atoms with van der Waals surface area (Å²) in [5.41, 5.74) is 7.97. The zero-order valence-electron chi connectivity index (χ0n) is 12.6. The molecule has 1 aromatic carbocycles. The van der Waals surface area contributed by atoms with Gasteiger partial charge in [-0.25, -0.2) is 8.42 Å². The van der Waals surface area contributed by atoms with Crippen molar-refractivity contribution >= 4 is 21.4 Å². The number of benzene rings is 1. The lowest BCUT2D eigenvalue weighted by atomic mass is 10.1. The highest BCUT2D eigenvalue weighted by molar-refractivity contribution is 7.92. The Morgan fingerprint density at radius 1 is 1.24 bits per heavy atom. The molecule has 0 aliphatic rings. The molecule has 0 amide bonds. The molecule has 0 atom stereocenters. The number of hydrogen-bond acceptors (Lipinski definition) is 4. The van der Waals surface area contributed by atoms with Gasteiger partial charge in [-0.2, -0.15) is 5.10 Å². The summed E-state index contributed by atoms with van der Waals surface area (Å²) >= 11 is 0. The molecule has 0 aliphatic heterocycles. The Labute approximate surface area is 125 Å². The second-order valence-corrected chi connectivity index (χ2v) is 7.01. The number of nitrogen functional groups attached to an aromatic ring is 1. The molecule has 6 nitrogen and oxygen atoms in total. The fourth-order valence-electron chi connectivity index (χ4n) is 2.29. The number of aryl methyl sites for hydroxylation is 2. The molecule has 0 saturated heterocycles. The third-order valence-corrected chi connectivity index (χ3v) is 4.82. The highest BCUT2D eigenvalue weighted by Crippen LogP contribution is 2.25. The van der Waals surface area contributed by atoms with Gasteiger partial charge in [0.05, 0.1) is 16.8 Å². The lowest BCUT2D eigenvalue weighted by Crippen LogP contribution is -2.15. The summed E-state index contributed by atoms with van der Waals surface area (Å²) in [6, 6.07) is 3.47. The fourth-order valence-corrected chi connectivity index (χ4v) is 3.77. The Balaban J connectivity index is 2.38. The number of anilines is 2. The zero-order valence-corrected chi connectivity index (χ0v) is 13.4. The minimum Gasteiger partial charge on any atom is -0.399 e. The highest BCUT2D eigenvalue weighted by Gasteiger charge is 2.20. The molecule has 114 valence electrons. The summed E-state index contributed by atoms with van der Waals surface area (Å²) in [6.07, 6.45) is 3.17. The van der Waals surface area contributed by atoms with Crippen molar-refractivity contribution < 1.29 is 8.42 Å². The first-order valence-corrected chi connectivity index (χ1v) is 8.12. The summed E-state index contributed by atoms with van der Waals surface area (Å²) in [5, 5.41) is 4.12. The number of nitrogens with one attached hydrogen (secondary N) is 1. The van der Waals surface area contributed by atoms with Gasteiger partial charge in [0.25, 0.3) is 10.0 Å². The quantitative estimate of drug-likeness (QED) is 0.849. The average molecular weight is 308 g/mol. The first-order valence-electron chi connectivity index (χ1n) is 6.64. The van der Waals surface area contributed by atoms with Crippen LogP contribution in [0.2, 0.25) is 0 Å². The van der Waals surface area contributed by atoms with Crippen molar-refractivity contribution in [2.24, 2.45) is 0 Å². The van der Waals surface area contributed by atoms with Gasteiger partial charge in [0, 0.05) is 17.9 Å². The van der Waals surface area contributed by atoms with Gasteiger partial charge in [0.2, 0.25) is 0 Å². The van der Waals surface area contributed by atoms with Gasteiger partial charge >= 0.3 is 0 Å². The van der Waals surface area contributed by atoms with Crippen molar-refractivity contribution in [2.75, 3.05) is 10.5 Å². The molecule has 0 unspecified atom stereocenters. The van der Waals surface area contributed by atoms with Crippen LogP contribution in [0.15, 0.2) is 29.4 Å². The van der Waals surface area contributed by atoms with Crippen LogP contribution in [0, 0.1) is 13.8 Å². The van der Waals surface area contributed by atoms with E-state index in [4.69, 9.17) is 5.73 Å². The number of hydrogen-bond donors (Lipinski definition) is 2. The van der Waals surface area contributed by atoms with E-state index in [-0.39, 0.29) is 10.9 Å². The Kier molecular flexibility index (Phi) is 3.95. The summed E-state index contributed by atoms with van der Waals surface area (Å²) in [7, 11) is -3.66. The van der Waals surface area contributed by atoms with E-state index >= 15 is 0 Å². The first-order chi connectivity index (χ1) is 9.70. The summed E-state index contributed by atoms with van der Waals surface area (Å²) in [6.45, 7) is 7.41. The monoisotopic (exact) mass is 308 g/mol. The molecule has 0 saturated carbocycles. The largest absolute Gasteiger partial charge is 0.399 e. The van der Waals surface area contributed by atoms with Crippen molar-refractivity contribution in [3.8, 4) is 0 Å². The van der Waals surface area contributed by atoms with Gasteiger partial charge in [-0.05, 0) is 51.0 Å². The van der Waals surface area contributed by atoms with Crippen LogP contribution in [0.3, 0.4) is 0 Å². The smallest absolute Gasteiger partial charge is 0.262 e. The van der Waals surface area contributed by atoms with E-state index in [1.54, 1.807) is 36.9 Å². The van der Waals surface area contributed by atoms with Crippen LogP contribution in [0.1, 0.15) is 31.0 Å². The molecule has 0 spiro atoms. The van der Waals surface area contributed by atoms with Crippen molar-refractivity contribution in [2.45, 2.75) is 38.6 Å². The minimum absolute atomic E-state index is 0.170. The van der Waals surface area contributed by atoms with E-state index in [1.807, 2.05) is 13.8 Å². The van der Waals surface area contributed by atoms with Crippen molar-refractivity contribution in [1.82, 2.24) is 9.78 Å². The summed E-state index contributed by atoms with van der Waals surface area (Å²) in [5.74, 6) is 0. The first kappa shape index (κ1) is 15.4. The summed E-state index contributed by atoms with van der Waals surface area (Å²) < 4.78 is 29.3. The summed E-state index contributed by atoms with van der Waals surface area (Å²) in [4.78, 5) is 0.258. The highest BCUT2D eigenvalue weighted by atomic mass is 32.2. The molecule has 3 N–H and O–H groups in total. The number of nitrogens with zero attached hydrogens (tertiary/aromatic N) is 2. The Morgan fingerprint density at radius 3 is 2.29 bits per heavy atom. The normalized spacial score (nSPS) is 11.9. The molecule has 0 fully saturated rings. The van der Waals surface area contributed by atoms with E-state index in [1.165, 1.54) is 6.20 Å². The third kappa shape index (κ3) is 3.18. The second kappa shape index (κ2) is 5.40. The maximum Gasteiger partial charge on any atom is 0.262 e. The van der Waals surface area contributed by atoms with Gasteiger partial charge < -0.3 is 5.73 Å². The van der Waals surface area contributed by atoms with E-state index in [0.717, 1.165) is 0 Å². The van der Waals surface area contributed by atoms with Crippen LogP contribution in [0.5, 0.6) is 0 Å². The predicted octanol–water partition coefficient (Wildman–Crippen LogP) is 2.46. The third-order valence-electron chi connectivity index (χ3n) is 3.13. The van der Waals surface area contributed by atoms with Gasteiger partial charge in [-0.1, -0.05) is 0 Å². The standard InChI is InChI=1S/C14H20N4O2S/c1-9(2)18-8-13(7-16-18)17-21(19,20)14-10(3)5-12(15)6-11(14)4/h5-9,17H,15H2,1-4H3. The Hall–Kier alpha value is -2.02. The number of rotatable bonds is 4. The number of aromatic nitrogens is 2. The Bertz CT molecular complexity index is 740. The van der Waals surface area contributed by atoms with E-state index < -0.39 is 10.0 Å². The van der Waals surface area contributed by atoms with Crippen molar-refractivity contribution in [1.29, 1.82) is 0 Å². The van der Waals surface area contributed by atoms with Gasteiger partial charge in [-0.3, -0.25) is 9.40 Å². The van der Waals surface area contributed by atoms with Gasteiger partial charge in [0.1, 0.15) is 0 Å². The number of sulfonamides is 1. The van der Waals surface area contributed by atoms with Crippen LogP contribution >= 0.6 is 0 Å². The molecule has 0 aliphatic carbocycles. The molecule has 2 aromatic rings. The zero-order chi connectivity index (χ0) is 15.8. The maximum absolute atomic E-state index is 12.5. The topological polar surface area (TPSA) is 90.0 Å². The minimum atomic E-state index is -3.66. The molecule has 7 heteroatoms. The molecule has 2 rings (SSSR count). The molecule has 1 heterocycles. The average Bonchev–Trinajstić information content (AvgIpc) is 2.74.